The molecule has 6 nitrogen and oxygen atoms in total. The van der Waals surface area contributed by atoms with E-state index in [1.54, 1.807) is 31.2 Å². The lowest BCUT2D eigenvalue weighted by Gasteiger charge is -2.06. The van der Waals surface area contributed by atoms with Crippen molar-refractivity contribution in [2.45, 2.75) is 13.5 Å². The fourth-order valence-corrected chi connectivity index (χ4v) is 2.15. The van der Waals surface area contributed by atoms with E-state index in [0.29, 0.717) is 11.3 Å². The summed E-state index contributed by atoms with van der Waals surface area (Å²) in [5.41, 5.74) is 3.06. The average Bonchev–Trinajstić information content (AvgIpc) is 2.49. The van der Waals surface area contributed by atoms with E-state index in [4.69, 9.17) is 0 Å². The minimum atomic E-state index is -0.429. The third-order valence-corrected chi connectivity index (χ3v) is 3.40. The molecule has 0 saturated carbocycles. The molecular weight excluding hydrogens is 350 g/mol. The van der Waals surface area contributed by atoms with E-state index >= 15 is 0 Å². The van der Waals surface area contributed by atoms with E-state index in [9.17, 15) is 14.7 Å². The van der Waals surface area contributed by atoms with Crippen LogP contribution in [0, 0.1) is 0 Å². The molecule has 0 bridgehead atoms. The second-order valence-corrected chi connectivity index (χ2v) is 5.48. The van der Waals surface area contributed by atoms with E-state index in [2.05, 4.69) is 26.5 Å². The van der Waals surface area contributed by atoms with Crippen LogP contribution in [0.25, 0.3) is 0 Å². The van der Waals surface area contributed by atoms with Gasteiger partial charge in [0.25, 0.3) is 11.5 Å². The molecule has 0 atom stereocenters. The van der Waals surface area contributed by atoms with Gasteiger partial charge in [0.1, 0.15) is 12.3 Å². The Hall–Kier alpha value is -2.41. The molecule has 0 unspecified atom stereocenters. The summed E-state index contributed by atoms with van der Waals surface area (Å²) in [4.78, 5) is 23.3. The average molecular weight is 364 g/mol. The SMILES string of the molecule is C/C(=N\NC(=O)Cn1ccccc1=O)c1cc(Br)ccc1O. The van der Waals surface area contributed by atoms with Crippen LogP contribution in [0.5, 0.6) is 5.75 Å². The number of aromatic hydroxyl groups is 1. The number of halogens is 1. The van der Waals surface area contributed by atoms with Crippen molar-refractivity contribution in [1.82, 2.24) is 9.99 Å². The van der Waals surface area contributed by atoms with Gasteiger partial charge in [-0.2, -0.15) is 5.10 Å². The number of hydrogen-bond acceptors (Lipinski definition) is 4. The van der Waals surface area contributed by atoms with Crippen LogP contribution in [0.1, 0.15) is 12.5 Å². The summed E-state index contributed by atoms with van der Waals surface area (Å²) >= 11 is 3.31. The van der Waals surface area contributed by atoms with E-state index < -0.39 is 5.91 Å². The summed E-state index contributed by atoms with van der Waals surface area (Å²) in [7, 11) is 0. The molecule has 2 N–H and O–H groups in total. The van der Waals surface area contributed by atoms with Crippen molar-refractivity contribution in [3.63, 3.8) is 0 Å². The number of benzene rings is 1. The monoisotopic (exact) mass is 363 g/mol. The Bertz CT molecular complexity index is 784. The molecule has 7 heteroatoms. The first-order valence-corrected chi connectivity index (χ1v) is 7.24. The third-order valence-electron chi connectivity index (χ3n) is 2.91. The Morgan fingerprint density at radius 3 is 2.86 bits per heavy atom. The van der Waals surface area contributed by atoms with Crippen molar-refractivity contribution in [3.05, 3.63) is 63.0 Å². The van der Waals surface area contributed by atoms with Gasteiger partial charge < -0.3 is 9.67 Å². The third kappa shape index (κ3) is 4.05. The number of nitrogens with one attached hydrogen (secondary N) is 1. The predicted octanol–water partition coefficient (Wildman–Crippen LogP) is 1.86. The number of nitrogens with zero attached hydrogens (tertiary/aromatic N) is 2. The molecule has 2 rings (SSSR count). The molecule has 1 aromatic carbocycles. The van der Waals surface area contributed by atoms with E-state index in [0.717, 1.165) is 4.47 Å². The van der Waals surface area contributed by atoms with Crippen molar-refractivity contribution in [3.8, 4) is 5.75 Å². The molecule has 0 aliphatic heterocycles. The topological polar surface area (TPSA) is 83.7 Å². The molecule has 0 saturated heterocycles. The number of pyridine rings is 1. The summed E-state index contributed by atoms with van der Waals surface area (Å²) in [6, 6.07) is 9.58. The normalized spacial score (nSPS) is 11.3. The highest BCUT2D eigenvalue weighted by atomic mass is 79.9. The first-order valence-electron chi connectivity index (χ1n) is 6.45. The highest BCUT2D eigenvalue weighted by molar-refractivity contribution is 9.10. The Morgan fingerprint density at radius 2 is 2.14 bits per heavy atom. The van der Waals surface area contributed by atoms with Crippen LogP contribution < -0.4 is 11.0 Å². The first-order chi connectivity index (χ1) is 10.5. The molecule has 22 heavy (non-hydrogen) atoms. The fourth-order valence-electron chi connectivity index (χ4n) is 1.79. The molecule has 0 spiro atoms. The molecule has 0 radical (unpaired) electrons. The number of hydrazone groups is 1. The van der Waals surface area contributed by atoms with E-state index in [1.807, 2.05) is 0 Å². The van der Waals surface area contributed by atoms with Crippen LogP contribution in [0.4, 0.5) is 0 Å². The highest BCUT2D eigenvalue weighted by Gasteiger charge is 2.07. The maximum absolute atomic E-state index is 11.8. The minimum Gasteiger partial charge on any atom is -0.507 e. The molecule has 2 aromatic rings. The van der Waals surface area contributed by atoms with Crippen molar-refractivity contribution >= 4 is 27.5 Å². The molecule has 114 valence electrons. The highest BCUT2D eigenvalue weighted by Crippen LogP contribution is 2.22. The van der Waals surface area contributed by atoms with Gasteiger partial charge in [-0.15, -0.1) is 0 Å². The number of phenols is 1. The Labute approximate surface area is 135 Å². The van der Waals surface area contributed by atoms with Gasteiger partial charge in [-0.05, 0) is 31.2 Å². The second-order valence-electron chi connectivity index (χ2n) is 4.56. The minimum absolute atomic E-state index is 0.0676. The number of phenolic OH excluding ortho intramolecular Hbond substituents is 1. The lowest BCUT2D eigenvalue weighted by Crippen LogP contribution is -2.29. The van der Waals surface area contributed by atoms with Gasteiger partial charge in [0, 0.05) is 22.3 Å². The van der Waals surface area contributed by atoms with Crippen LogP contribution >= 0.6 is 15.9 Å². The largest absolute Gasteiger partial charge is 0.507 e. The van der Waals surface area contributed by atoms with Crippen molar-refractivity contribution in [1.29, 1.82) is 0 Å². The van der Waals surface area contributed by atoms with Crippen LogP contribution in [0.15, 0.2) is 57.0 Å². The van der Waals surface area contributed by atoms with Crippen molar-refractivity contribution in [2.24, 2.45) is 5.10 Å². The van der Waals surface area contributed by atoms with Gasteiger partial charge >= 0.3 is 0 Å². The van der Waals surface area contributed by atoms with Gasteiger partial charge in [-0.1, -0.05) is 22.0 Å². The lowest BCUT2D eigenvalue weighted by atomic mass is 10.1. The summed E-state index contributed by atoms with van der Waals surface area (Å²) in [6.45, 7) is 1.54. The maximum atomic E-state index is 11.8. The Kier molecular flexibility index (Phi) is 5.11. The van der Waals surface area contributed by atoms with Crippen LogP contribution in [-0.4, -0.2) is 21.3 Å². The molecule has 0 fully saturated rings. The summed E-state index contributed by atoms with van der Waals surface area (Å²) in [5, 5.41) is 13.7. The zero-order chi connectivity index (χ0) is 16.1. The molecule has 1 aromatic heterocycles. The van der Waals surface area contributed by atoms with Gasteiger partial charge in [0.15, 0.2) is 0 Å². The van der Waals surface area contributed by atoms with Crippen molar-refractivity contribution in [2.75, 3.05) is 0 Å². The molecular formula is C15H14BrN3O3. The summed E-state index contributed by atoms with van der Waals surface area (Å²) < 4.78 is 2.06. The van der Waals surface area contributed by atoms with Gasteiger partial charge in [-0.3, -0.25) is 9.59 Å². The number of rotatable bonds is 4. The van der Waals surface area contributed by atoms with Crippen LogP contribution in [0.3, 0.4) is 0 Å². The Balaban J connectivity index is 2.07. The maximum Gasteiger partial charge on any atom is 0.260 e. The molecule has 1 amide bonds. The van der Waals surface area contributed by atoms with Crippen molar-refractivity contribution < 1.29 is 9.90 Å². The van der Waals surface area contributed by atoms with Gasteiger partial charge in [0.05, 0.1) is 5.71 Å². The predicted molar refractivity (Wildman–Crippen MR) is 86.9 cm³/mol. The molecule has 0 aliphatic carbocycles. The zero-order valence-electron chi connectivity index (χ0n) is 11.8. The van der Waals surface area contributed by atoms with Crippen LogP contribution in [0.2, 0.25) is 0 Å². The first kappa shape index (κ1) is 16.0. The number of hydrogen-bond donors (Lipinski definition) is 2. The quantitative estimate of drug-likeness (QED) is 0.642. The second kappa shape index (κ2) is 7.04. The fraction of sp³-hybridized carbons (Fsp3) is 0.133. The number of carbonyl (C=O) groups excluding carboxylic acids is 1. The lowest BCUT2D eigenvalue weighted by molar-refractivity contribution is -0.121. The number of amides is 1. The van der Waals surface area contributed by atoms with Crippen LogP contribution in [-0.2, 0) is 11.3 Å². The zero-order valence-corrected chi connectivity index (χ0v) is 13.4. The van der Waals surface area contributed by atoms with Gasteiger partial charge in [-0.25, -0.2) is 5.43 Å². The summed E-state index contributed by atoms with van der Waals surface area (Å²) in [6.07, 6.45) is 1.53. The standard InChI is InChI=1S/C15H14BrN3O3/c1-10(12-8-11(16)5-6-13(12)20)17-18-14(21)9-19-7-3-2-4-15(19)22/h2-8,20H,9H2,1H3,(H,18,21)/b17-10+. The van der Waals surface area contributed by atoms with E-state index in [1.165, 1.54) is 22.9 Å². The molecule has 0 aliphatic rings. The smallest absolute Gasteiger partial charge is 0.260 e. The Morgan fingerprint density at radius 1 is 1.36 bits per heavy atom. The summed E-state index contributed by atoms with van der Waals surface area (Å²) in [5.74, 6) is -0.361. The van der Waals surface area contributed by atoms with E-state index in [-0.39, 0.29) is 17.9 Å². The molecule has 1 heterocycles. The number of carbonyl (C=O) groups is 1. The number of aromatic nitrogens is 1. The van der Waals surface area contributed by atoms with Gasteiger partial charge in [0.2, 0.25) is 0 Å².